The Labute approximate surface area is 115 Å². The van der Waals surface area contributed by atoms with E-state index in [4.69, 9.17) is 4.98 Å². The van der Waals surface area contributed by atoms with E-state index in [1.54, 1.807) is 0 Å². The van der Waals surface area contributed by atoms with Crippen LogP contribution in [0.4, 0.5) is 5.69 Å². The van der Waals surface area contributed by atoms with Crippen LogP contribution in [-0.2, 0) is 6.42 Å². The van der Waals surface area contributed by atoms with Crippen molar-refractivity contribution in [1.29, 1.82) is 0 Å². The number of aromatic nitrogens is 1. The summed E-state index contributed by atoms with van der Waals surface area (Å²) in [5.41, 5.74) is 5.11. The third-order valence-electron chi connectivity index (χ3n) is 3.88. The number of hydrogen-bond acceptors (Lipinski definition) is 2. The number of aryl methyl sites for hydroxylation is 1. The van der Waals surface area contributed by atoms with Gasteiger partial charge in [-0.05, 0) is 37.3 Å². The first-order valence-corrected chi connectivity index (χ1v) is 7.50. The fourth-order valence-electron chi connectivity index (χ4n) is 2.61. The molecule has 2 heteroatoms. The summed E-state index contributed by atoms with van der Waals surface area (Å²) in [7, 11) is 0. The van der Waals surface area contributed by atoms with Gasteiger partial charge in [-0.15, -0.1) is 0 Å². The Morgan fingerprint density at radius 1 is 1.26 bits per heavy atom. The van der Waals surface area contributed by atoms with E-state index in [9.17, 15) is 0 Å². The highest BCUT2D eigenvalue weighted by atomic mass is 14.9. The molecule has 0 aliphatic heterocycles. The van der Waals surface area contributed by atoms with Crippen molar-refractivity contribution in [3.63, 3.8) is 0 Å². The molecule has 3 rings (SSSR count). The molecule has 1 aliphatic carbocycles. The van der Waals surface area contributed by atoms with Gasteiger partial charge in [0.2, 0.25) is 0 Å². The van der Waals surface area contributed by atoms with Crippen LogP contribution in [-0.4, -0.2) is 11.5 Å². The molecule has 0 spiro atoms. The average molecular weight is 254 g/mol. The number of fused-ring (bicyclic) bond motifs is 1. The number of benzene rings is 1. The normalized spacial score (nSPS) is 14.8. The predicted molar refractivity (Wildman–Crippen MR) is 81.9 cm³/mol. The lowest BCUT2D eigenvalue weighted by molar-refractivity contribution is 0.975. The third kappa shape index (κ3) is 2.44. The number of nitrogens with one attached hydrogen (secondary N) is 1. The van der Waals surface area contributed by atoms with Crippen molar-refractivity contribution in [2.75, 3.05) is 11.9 Å². The zero-order chi connectivity index (χ0) is 13.2. The molecular formula is C17H22N2. The molecule has 1 saturated carbocycles. The van der Waals surface area contributed by atoms with Crippen LogP contribution in [0.2, 0.25) is 0 Å². The van der Waals surface area contributed by atoms with Gasteiger partial charge in [-0.3, -0.25) is 4.98 Å². The largest absolute Gasteiger partial charge is 0.384 e. The number of hydrogen-bond donors (Lipinski definition) is 1. The summed E-state index contributed by atoms with van der Waals surface area (Å²) in [6.07, 6.45) is 4.81. The van der Waals surface area contributed by atoms with E-state index in [2.05, 4.69) is 43.4 Å². The molecule has 1 heterocycles. The minimum Gasteiger partial charge on any atom is -0.384 e. The highest BCUT2D eigenvalue weighted by Crippen LogP contribution is 2.41. The van der Waals surface area contributed by atoms with Crippen LogP contribution >= 0.6 is 0 Å². The van der Waals surface area contributed by atoms with Crippen LogP contribution in [0.25, 0.3) is 10.9 Å². The van der Waals surface area contributed by atoms with Crippen molar-refractivity contribution in [3.05, 3.63) is 35.5 Å². The van der Waals surface area contributed by atoms with E-state index in [0.29, 0.717) is 5.92 Å². The SMILES string of the molecule is CCCNc1cc(C2CC2)nc2c(CC)cccc12. The topological polar surface area (TPSA) is 24.9 Å². The summed E-state index contributed by atoms with van der Waals surface area (Å²) >= 11 is 0. The van der Waals surface area contributed by atoms with Crippen LogP contribution in [0.3, 0.4) is 0 Å². The Bertz CT molecular complexity index is 585. The van der Waals surface area contributed by atoms with Gasteiger partial charge in [-0.25, -0.2) is 0 Å². The summed E-state index contributed by atoms with van der Waals surface area (Å²) in [5.74, 6) is 0.705. The molecule has 1 aromatic heterocycles. The number of para-hydroxylation sites is 1. The molecule has 0 amide bonds. The second kappa shape index (κ2) is 5.20. The predicted octanol–water partition coefficient (Wildman–Crippen LogP) is 4.50. The maximum Gasteiger partial charge on any atom is 0.0758 e. The van der Waals surface area contributed by atoms with Gasteiger partial charge in [-0.2, -0.15) is 0 Å². The van der Waals surface area contributed by atoms with Gasteiger partial charge in [-0.1, -0.05) is 32.0 Å². The number of pyridine rings is 1. The van der Waals surface area contributed by atoms with Gasteiger partial charge >= 0.3 is 0 Å². The average Bonchev–Trinajstić information content (AvgIpc) is 3.28. The first-order valence-electron chi connectivity index (χ1n) is 7.50. The quantitative estimate of drug-likeness (QED) is 0.850. The van der Waals surface area contributed by atoms with Crippen molar-refractivity contribution >= 4 is 16.6 Å². The number of nitrogens with zero attached hydrogens (tertiary/aromatic N) is 1. The smallest absolute Gasteiger partial charge is 0.0758 e. The molecule has 0 atom stereocenters. The summed E-state index contributed by atoms with van der Waals surface area (Å²) in [6.45, 7) is 5.44. The van der Waals surface area contributed by atoms with Gasteiger partial charge in [0, 0.05) is 29.2 Å². The highest BCUT2D eigenvalue weighted by Gasteiger charge is 2.26. The fourth-order valence-corrected chi connectivity index (χ4v) is 2.61. The Morgan fingerprint density at radius 3 is 2.79 bits per heavy atom. The van der Waals surface area contributed by atoms with Crippen molar-refractivity contribution < 1.29 is 0 Å². The molecule has 0 bridgehead atoms. The molecule has 19 heavy (non-hydrogen) atoms. The summed E-state index contributed by atoms with van der Waals surface area (Å²) in [5, 5.41) is 4.85. The zero-order valence-corrected chi connectivity index (χ0v) is 11.9. The fraction of sp³-hybridized carbons (Fsp3) is 0.471. The summed E-state index contributed by atoms with van der Waals surface area (Å²) in [4.78, 5) is 4.94. The van der Waals surface area contributed by atoms with E-state index in [1.807, 2.05) is 0 Å². The number of rotatable bonds is 5. The summed E-state index contributed by atoms with van der Waals surface area (Å²) in [6, 6.07) is 8.82. The molecule has 100 valence electrons. The van der Waals surface area contributed by atoms with Gasteiger partial charge in [0.05, 0.1) is 5.52 Å². The monoisotopic (exact) mass is 254 g/mol. The molecule has 0 unspecified atom stereocenters. The van der Waals surface area contributed by atoms with Gasteiger partial charge in [0.1, 0.15) is 0 Å². The minimum atomic E-state index is 0.705. The van der Waals surface area contributed by atoms with E-state index >= 15 is 0 Å². The van der Waals surface area contributed by atoms with Gasteiger partial charge in [0.25, 0.3) is 0 Å². The molecule has 1 aromatic carbocycles. The van der Waals surface area contributed by atoms with Crippen molar-refractivity contribution in [1.82, 2.24) is 4.98 Å². The molecule has 0 saturated heterocycles. The maximum absolute atomic E-state index is 4.94. The first-order chi connectivity index (χ1) is 9.33. The van der Waals surface area contributed by atoms with Crippen molar-refractivity contribution in [3.8, 4) is 0 Å². The first kappa shape index (κ1) is 12.5. The second-order valence-corrected chi connectivity index (χ2v) is 5.46. The van der Waals surface area contributed by atoms with Gasteiger partial charge in [0.15, 0.2) is 0 Å². The molecule has 0 radical (unpaired) electrons. The van der Waals surface area contributed by atoms with E-state index in [1.165, 1.54) is 40.7 Å². The third-order valence-corrected chi connectivity index (χ3v) is 3.88. The Morgan fingerprint density at radius 2 is 2.11 bits per heavy atom. The van der Waals surface area contributed by atoms with Crippen LogP contribution in [0.1, 0.15) is 50.3 Å². The Hall–Kier alpha value is -1.57. The van der Waals surface area contributed by atoms with Crippen LogP contribution < -0.4 is 5.32 Å². The lowest BCUT2D eigenvalue weighted by Gasteiger charge is -2.13. The Balaban J connectivity index is 2.14. The molecular weight excluding hydrogens is 232 g/mol. The molecule has 1 fully saturated rings. The van der Waals surface area contributed by atoms with Crippen LogP contribution in [0.5, 0.6) is 0 Å². The van der Waals surface area contributed by atoms with Crippen molar-refractivity contribution in [2.45, 2.75) is 45.4 Å². The molecule has 1 aliphatic rings. The molecule has 2 aromatic rings. The number of anilines is 1. The molecule has 1 N–H and O–H groups in total. The van der Waals surface area contributed by atoms with Crippen LogP contribution in [0, 0.1) is 0 Å². The highest BCUT2D eigenvalue weighted by molar-refractivity contribution is 5.93. The van der Waals surface area contributed by atoms with Crippen molar-refractivity contribution in [2.24, 2.45) is 0 Å². The lowest BCUT2D eigenvalue weighted by atomic mass is 10.0. The van der Waals surface area contributed by atoms with Gasteiger partial charge < -0.3 is 5.32 Å². The zero-order valence-electron chi connectivity index (χ0n) is 11.9. The summed E-state index contributed by atoms with van der Waals surface area (Å²) < 4.78 is 0. The maximum atomic E-state index is 4.94. The van der Waals surface area contributed by atoms with E-state index in [-0.39, 0.29) is 0 Å². The van der Waals surface area contributed by atoms with E-state index < -0.39 is 0 Å². The molecule has 2 nitrogen and oxygen atoms in total. The standard InChI is InChI=1S/C17H22N2/c1-3-10-18-16-11-15(13-8-9-13)19-17-12(4-2)6-5-7-14(16)17/h5-7,11,13H,3-4,8-10H2,1-2H3,(H,18,19). The van der Waals surface area contributed by atoms with E-state index in [0.717, 1.165) is 19.4 Å². The lowest BCUT2D eigenvalue weighted by Crippen LogP contribution is -2.03. The minimum absolute atomic E-state index is 0.705. The van der Waals surface area contributed by atoms with Crippen LogP contribution in [0.15, 0.2) is 24.3 Å². The Kier molecular flexibility index (Phi) is 3.41. The second-order valence-electron chi connectivity index (χ2n) is 5.46.